The minimum atomic E-state index is -0.774. The Morgan fingerprint density at radius 3 is 0.765 bits per heavy atom. The molecule has 1 atom stereocenters. The fourth-order valence-corrected chi connectivity index (χ4v) is 10.7. The van der Waals surface area contributed by atoms with Crippen molar-refractivity contribution >= 4 is 17.9 Å². The Balaban J connectivity index is 4.29. The maximum atomic E-state index is 13.0. The van der Waals surface area contributed by atoms with Gasteiger partial charge in [0.05, 0.1) is 0 Å². The molecule has 6 nitrogen and oxygen atoms in total. The Hall–Kier alpha value is -2.89. The van der Waals surface area contributed by atoms with Gasteiger partial charge in [0.25, 0.3) is 0 Å². The first-order valence-electron chi connectivity index (χ1n) is 35.8. The Labute approximate surface area is 504 Å². The lowest BCUT2D eigenvalue weighted by atomic mass is 10.0. The summed E-state index contributed by atoms with van der Waals surface area (Å²) in [5, 5.41) is 0. The van der Waals surface area contributed by atoms with E-state index in [-0.39, 0.29) is 31.1 Å². The number of hydrogen-bond acceptors (Lipinski definition) is 6. The SMILES string of the molecule is CC/C=C\C/C=C\C/C=C\C/C=C\CCCCCCCCCCCCCCC(=O)OCC(COC(=O)CCCCCCCCCCCCCCCCC)OC(=O)CCCCCCCCCCCCC/C=C\CCCCCCCCCC. The quantitative estimate of drug-likeness (QED) is 0.0261. The predicted octanol–water partition coefficient (Wildman–Crippen LogP) is 24.7. The highest BCUT2D eigenvalue weighted by molar-refractivity contribution is 5.71. The second-order valence-electron chi connectivity index (χ2n) is 24.1. The summed E-state index contributed by atoms with van der Waals surface area (Å²) in [6.07, 6.45) is 89.6. The summed E-state index contributed by atoms with van der Waals surface area (Å²) < 4.78 is 17.0. The normalized spacial score (nSPS) is 12.4. The van der Waals surface area contributed by atoms with Crippen LogP contribution in [0.2, 0.25) is 0 Å². The molecule has 0 amide bonds. The van der Waals surface area contributed by atoms with Gasteiger partial charge in [-0.15, -0.1) is 0 Å². The lowest BCUT2D eigenvalue weighted by molar-refractivity contribution is -0.167. The van der Waals surface area contributed by atoms with Crippen LogP contribution in [0, 0.1) is 0 Å². The van der Waals surface area contributed by atoms with E-state index in [4.69, 9.17) is 14.2 Å². The number of carbonyl (C=O) groups excluding carboxylic acids is 3. The Morgan fingerprint density at radius 1 is 0.259 bits per heavy atom. The van der Waals surface area contributed by atoms with Gasteiger partial charge in [-0.25, -0.2) is 0 Å². The lowest BCUT2D eigenvalue weighted by Crippen LogP contribution is -2.30. The molecule has 0 aromatic heterocycles. The van der Waals surface area contributed by atoms with Crippen LogP contribution in [-0.4, -0.2) is 37.2 Å². The van der Waals surface area contributed by atoms with E-state index in [1.54, 1.807) is 0 Å². The summed E-state index contributed by atoms with van der Waals surface area (Å²) in [7, 11) is 0. The van der Waals surface area contributed by atoms with Gasteiger partial charge in [0.15, 0.2) is 6.10 Å². The summed E-state index contributed by atoms with van der Waals surface area (Å²) in [6.45, 7) is 6.59. The average molecular weight is 1130 g/mol. The van der Waals surface area contributed by atoms with Crippen molar-refractivity contribution < 1.29 is 28.6 Å². The van der Waals surface area contributed by atoms with Gasteiger partial charge in [-0.05, 0) is 83.5 Å². The third kappa shape index (κ3) is 67.8. The van der Waals surface area contributed by atoms with Gasteiger partial charge < -0.3 is 14.2 Å². The molecule has 0 radical (unpaired) electrons. The Kier molecular flexibility index (Phi) is 67.1. The molecule has 0 rings (SSSR count). The minimum Gasteiger partial charge on any atom is -0.462 e. The van der Waals surface area contributed by atoms with Crippen LogP contribution in [0.4, 0.5) is 0 Å². The molecule has 0 bridgehead atoms. The summed E-state index contributed by atoms with van der Waals surface area (Å²) in [6, 6.07) is 0. The van der Waals surface area contributed by atoms with Crippen molar-refractivity contribution in [3.63, 3.8) is 0 Å². The monoisotopic (exact) mass is 1130 g/mol. The lowest BCUT2D eigenvalue weighted by Gasteiger charge is -2.18. The molecule has 0 fully saturated rings. The van der Waals surface area contributed by atoms with Crippen LogP contribution in [0.3, 0.4) is 0 Å². The molecule has 0 aliphatic carbocycles. The van der Waals surface area contributed by atoms with E-state index < -0.39 is 6.10 Å². The topological polar surface area (TPSA) is 78.9 Å². The van der Waals surface area contributed by atoms with Crippen molar-refractivity contribution in [3.05, 3.63) is 60.8 Å². The Morgan fingerprint density at radius 2 is 0.481 bits per heavy atom. The largest absolute Gasteiger partial charge is 0.462 e. The highest BCUT2D eigenvalue weighted by atomic mass is 16.6. The van der Waals surface area contributed by atoms with Crippen LogP contribution < -0.4 is 0 Å². The predicted molar refractivity (Wildman–Crippen MR) is 353 cm³/mol. The van der Waals surface area contributed by atoms with Crippen molar-refractivity contribution in [2.24, 2.45) is 0 Å². The van der Waals surface area contributed by atoms with Crippen molar-refractivity contribution in [1.29, 1.82) is 0 Å². The van der Waals surface area contributed by atoms with Crippen molar-refractivity contribution in [2.45, 2.75) is 386 Å². The number of carbonyl (C=O) groups is 3. The van der Waals surface area contributed by atoms with E-state index >= 15 is 0 Å². The smallest absolute Gasteiger partial charge is 0.306 e. The molecule has 0 aromatic rings. The van der Waals surface area contributed by atoms with E-state index in [2.05, 4.69) is 81.5 Å². The molecular weight excluding hydrogens is 997 g/mol. The summed E-state index contributed by atoms with van der Waals surface area (Å²) >= 11 is 0. The standard InChI is InChI=1S/C75H136O6/c1-4-7-10-13-16-19-22-25-28-30-32-34-36-37-39-40-42-44-47-50-53-56-59-62-65-68-74(77)80-71-72(70-79-73(76)67-64-61-58-55-52-49-46-27-24-21-18-15-12-9-6-3)81-75(78)69-66-63-60-57-54-51-48-45-43-41-38-35-33-31-29-26-23-20-17-14-11-8-5-2/h7,10,16,19,25,28,31-34,72H,4-6,8-9,11-15,17-18,20-24,26-27,29-30,35-71H2,1-3H3/b10-7-,19-16-,28-25-,33-31-,34-32-. The van der Waals surface area contributed by atoms with Crippen LogP contribution in [-0.2, 0) is 28.6 Å². The zero-order valence-electron chi connectivity index (χ0n) is 54.3. The fourth-order valence-electron chi connectivity index (χ4n) is 10.7. The highest BCUT2D eigenvalue weighted by Crippen LogP contribution is 2.18. The molecule has 472 valence electrons. The molecule has 0 aliphatic heterocycles. The molecule has 0 aromatic carbocycles. The van der Waals surface area contributed by atoms with E-state index in [0.717, 1.165) is 83.5 Å². The summed E-state index contributed by atoms with van der Waals surface area (Å²) in [4.78, 5) is 38.5. The fraction of sp³-hybridized carbons (Fsp3) is 0.827. The van der Waals surface area contributed by atoms with Crippen molar-refractivity contribution in [1.82, 2.24) is 0 Å². The van der Waals surface area contributed by atoms with E-state index in [0.29, 0.717) is 19.3 Å². The molecule has 0 aliphatic rings. The molecule has 6 heteroatoms. The van der Waals surface area contributed by atoms with Gasteiger partial charge in [-0.3, -0.25) is 14.4 Å². The van der Waals surface area contributed by atoms with E-state index in [1.807, 2.05) is 0 Å². The number of ether oxygens (including phenoxy) is 3. The zero-order valence-corrected chi connectivity index (χ0v) is 54.3. The molecule has 0 saturated carbocycles. The van der Waals surface area contributed by atoms with Crippen LogP contribution >= 0.6 is 0 Å². The van der Waals surface area contributed by atoms with Crippen molar-refractivity contribution in [2.75, 3.05) is 13.2 Å². The molecule has 0 heterocycles. The molecule has 0 saturated heterocycles. The second-order valence-corrected chi connectivity index (χ2v) is 24.1. The molecule has 0 N–H and O–H groups in total. The molecule has 1 unspecified atom stereocenters. The first-order chi connectivity index (χ1) is 40.0. The van der Waals surface area contributed by atoms with Gasteiger partial charge in [0.2, 0.25) is 0 Å². The maximum absolute atomic E-state index is 13.0. The zero-order chi connectivity index (χ0) is 58.5. The highest BCUT2D eigenvalue weighted by Gasteiger charge is 2.19. The number of allylic oxidation sites excluding steroid dienone is 10. The molecular formula is C75H136O6. The van der Waals surface area contributed by atoms with Crippen LogP contribution in [0.5, 0.6) is 0 Å². The van der Waals surface area contributed by atoms with Gasteiger partial charge in [-0.1, -0.05) is 338 Å². The number of hydrogen-bond donors (Lipinski definition) is 0. The minimum absolute atomic E-state index is 0.0697. The van der Waals surface area contributed by atoms with Gasteiger partial charge in [0.1, 0.15) is 13.2 Å². The first-order valence-corrected chi connectivity index (χ1v) is 35.8. The second kappa shape index (κ2) is 69.6. The third-order valence-corrected chi connectivity index (χ3v) is 16.0. The maximum Gasteiger partial charge on any atom is 0.306 e. The van der Waals surface area contributed by atoms with E-state index in [9.17, 15) is 14.4 Å². The van der Waals surface area contributed by atoms with Gasteiger partial charge in [0, 0.05) is 19.3 Å². The third-order valence-electron chi connectivity index (χ3n) is 16.0. The molecule has 0 spiro atoms. The Bertz CT molecular complexity index is 1440. The van der Waals surface area contributed by atoms with Crippen LogP contribution in [0.15, 0.2) is 60.8 Å². The summed E-state index contributed by atoms with van der Waals surface area (Å²) in [5.74, 6) is -0.846. The molecule has 81 heavy (non-hydrogen) atoms. The van der Waals surface area contributed by atoms with E-state index in [1.165, 1.54) is 257 Å². The average Bonchev–Trinajstić information content (AvgIpc) is 3.47. The number of unbranched alkanes of at least 4 members (excludes halogenated alkanes) is 45. The van der Waals surface area contributed by atoms with Gasteiger partial charge >= 0.3 is 17.9 Å². The van der Waals surface area contributed by atoms with Crippen molar-refractivity contribution in [3.8, 4) is 0 Å². The van der Waals surface area contributed by atoms with Gasteiger partial charge in [-0.2, -0.15) is 0 Å². The van der Waals surface area contributed by atoms with Crippen LogP contribution in [0.25, 0.3) is 0 Å². The summed E-state index contributed by atoms with van der Waals surface area (Å²) in [5.41, 5.74) is 0. The number of esters is 3. The van der Waals surface area contributed by atoms with Crippen LogP contribution in [0.1, 0.15) is 380 Å². The first kappa shape index (κ1) is 78.1. The number of rotatable bonds is 66.